The van der Waals surface area contributed by atoms with E-state index in [1.807, 2.05) is 23.5 Å². The second-order valence-corrected chi connectivity index (χ2v) is 13.6. The average molecular weight is 644 g/mol. The standard InChI is InChI=1S/C46H29NOS/c1-2-9-30(10-3-1)31-17-22-34(23-18-31)47(36-26-28-43-41(29-36)38-12-4-6-15-42(38)48-43)35-24-19-32(20-25-35)37-14-8-11-33-21-27-40-39-13-5-7-16-44(39)49-46(40)45(33)37/h1-29H. The molecule has 0 bridgehead atoms. The smallest absolute Gasteiger partial charge is 0.135 e. The van der Waals surface area contributed by atoms with Crippen LogP contribution >= 0.6 is 11.3 Å². The van der Waals surface area contributed by atoms with Crippen LogP contribution in [0.5, 0.6) is 0 Å². The van der Waals surface area contributed by atoms with Gasteiger partial charge in [0.05, 0.1) is 0 Å². The number of fused-ring (bicyclic) bond motifs is 8. The van der Waals surface area contributed by atoms with Gasteiger partial charge in [0.2, 0.25) is 0 Å². The van der Waals surface area contributed by atoms with Gasteiger partial charge >= 0.3 is 0 Å². The SMILES string of the molecule is c1ccc(-c2ccc(N(c3ccc(-c4cccc5ccc6c7ccccc7sc6c45)cc3)c3ccc4oc5ccccc5c4c3)cc2)cc1. The predicted molar refractivity (Wildman–Crippen MR) is 210 cm³/mol. The second kappa shape index (κ2) is 11.2. The van der Waals surface area contributed by atoms with Crippen LogP contribution in [0.2, 0.25) is 0 Å². The van der Waals surface area contributed by atoms with E-state index in [9.17, 15) is 0 Å². The normalized spacial score (nSPS) is 11.7. The molecular weight excluding hydrogens is 615 g/mol. The molecule has 0 fully saturated rings. The van der Waals surface area contributed by atoms with Gasteiger partial charge in [0, 0.05) is 53.4 Å². The fourth-order valence-corrected chi connectivity index (χ4v) is 8.59. The van der Waals surface area contributed by atoms with Crippen LogP contribution < -0.4 is 4.90 Å². The lowest BCUT2D eigenvalue weighted by molar-refractivity contribution is 0.669. The molecule has 0 saturated heterocycles. The van der Waals surface area contributed by atoms with Crippen molar-refractivity contribution >= 4 is 81.3 Å². The zero-order valence-corrected chi connectivity index (χ0v) is 27.3. The molecule has 2 heterocycles. The zero-order chi connectivity index (χ0) is 32.3. The quantitative estimate of drug-likeness (QED) is 0.186. The number of anilines is 3. The molecule has 0 amide bonds. The lowest BCUT2D eigenvalue weighted by atomic mass is 9.96. The van der Waals surface area contributed by atoms with Crippen LogP contribution in [0.1, 0.15) is 0 Å². The van der Waals surface area contributed by atoms with Crippen LogP contribution in [0.15, 0.2) is 180 Å². The van der Waals surface area contributed by atoms with E-state index in [1.165, 1.54) is 53.2 Å². The molecule has 0 saturated carbocycles. The second-order valence-electron chi connectivity index (χ2n) is 12.5. The highest BCUT2D eigenvalue weighted by atomic mass is 32.1. The molecule has 0 spiro atoms. The monoisotopic (exact) mass is 643 g/mol. The van der Waals surface area contributed by atoms with Gasteiger partial charge < -0.3 is 9.32 Å². The van der Waals surface area contributed by atoms with Crippen LogP contribution in [0.25, 0.3) is 75.1 Å². The summed E-state index contributed by atoms with van der Waals surface area (Å²) in [7, 11) is 0. The van der Waals surface area contributed by atoms with Crippen LogP contribution in [0, 0.1) is 0 Å². The average Bonchev–Trinajstić information content (AvgIpc) is 3.74. The summed E-state index contributed by atoms with van der Waals surface area (Å²) in [4.78, 5) is 2.34. The number of rotatable bonds is 5. The Hall–Kier alpha value is -6.16. The summed E-state index contributed by atoms with van der Waals surface area (Å²) in [5.41, 5.74) is 9.92. The summed E-state index contributed by atoms with van der Waals surface area (Å²) in [5, 5.41) is 7.47. The van der Waals surface area contributed by atoms with E-state index in [2.05, 4.69) is 169 Å². The Morgan fingerprint density at radius 2 is 1.06 bits per heavy atom. The first-order valence-corrected chi connectivity index (χ1v) is 17.4. The molecule has 10 aromatic rings. The molecule has 2 aromatic heterocycles. The van der Waals surface area contributed by atoms with E-state index < -0.39 is 0 Å². The Bertz CT molecular complexity index is 2810. The van der Waals surface area contributed by atoms with Gasteiger partial charge in [-0.2, -0.15) is 0 Å². The van der Waals surface area contributed by atoms with Gasteiger partial charge in [0.15, 0.2) is 0 Å². The Morgan fingerprint density at radius 1 is 0.408 bits per heavy atom. The number of hydrogen-bond acceptors (Lipinski definition) is 3. The van der Waals surface area contributed by atoms with Crippen molar-refractivity contribution in [2.24, 2.45) is 0 Å². The van der Waals surface area contributed by atoms with E-state index in [0.717, 1.165) is 39.0 Å². The van der Waals surface area contributed by atoms with Crippen molar-refractivity contribution in [3.05, 3.63) is 176 Å². The Labute approximate surface area is 287 Å². The maximum absolute atomic E-state index is 6.20. The van der Waals surface area contributed by atoms with Crippen molar-refractivity contribution in [3.63, 3.8) is 0 Å². The minimum Gasteiger partial charge on any atom is -0.456 e. The van der Waals surface area contributed by atoms with Gasteiger partial charge in [-0.3, -0.25) is 0 Å². The largest absolute Gasteiger partial charge is 0.456 e. The van der Waals surface area contributed by atoms with Gasteiger partial charge in [0.1, 0.15) is 11.2 Å². The summed E-state index contributed by atoms with van der Waals surface area (Å²) >= 11 is 1.89. The summed E-state index contributed by atoms with van der Waals surface area (Å²) in [6.45, 7) is 0. The molecule has 0 aliphatic carbocycles. The number of para-hydroxylation sites is 1. The van der Waals surface area contributed by atoms with E-state index in [1.54, 1.807) is 0 Å². The highest BCUT2D eigenvalue weighted by Gasteiger charge is 2.17. The molecule has 0 radical (unpaired) electrons. The summed E-state index contributed by atoms with van der Waals surface area (Å²) in [5.74, 6) is 0. The van der Waals surface area contributed by atoms with Crippen molar-refractivity contribution < 1.29 is 4.42 Å². The summed E-state index contributed by atoms with van der Waals surface area (Å²) < 4.78 is 8.87. The number of benzene rings is 8. The van der Waals surface area contributed by atoms with Crippen LogP contribution in [-0.2, 0) is 0 Å². The van der Waals surface area contributed by atoms with Crippen LogP contribution in [0.4, 0.5) is 17.1 Å². The molecule has 3 heteroatoms. The van der Waals surface area contributed by atoms with Gasteiger partial charge in [-0.05, 0) is 82.2 Å². The van der Waals surface area contributed by atoms with Crippen molar-refractivity contribution in [3.8, 4) is 22.3 Å². The predicted octanol–water partition coefficient (Wildman–Crippen LogP) is 13.9. The van der Waals surface area contributed by atoms with Gasteiger partial charge in [-0.1, -0.05) is 121 Å². The van der Waals surface area contributed by atoms with E-state index >= 15 is 0 Å². The molecular formula is C46H29NOS. The molecule has 0 atom stereocenters. The van der Waals surface area contributed by atoms with Crippen LogP contribution in [-0.4, -0.2) is 0 Å². The lowest BCUT2D eigenvalue weighted by Gasteiger charge is -2.26. The first-order chi connectivity index (χ1) is 24.3. The molecule has 8 aromatic carbocycles. The molecule has 230 valence electrons. The fourth-order valence-electron chi connectivity index (χ4n) is 7.32. The number of hydrogen-bond donors (Lipinski definition) is 0. The van der Waals surface area contributed by atoms with Gasteiger partial charge in [-0.25, -0.2) is 0 Å². The molecule has 49 heavy (non-hydrogen) atoms. The van der Waals surface area contributed by atoms with E-state index in [0.29, 0.717) is 0 Å². The molecule has 2 nitrogen and oxygen atoms in total. The zero-order valence-electron chi connectivity index (χ0n) is 26.5. The van der Waals surface area contributed by atoms with Crippen LogP contribution in [0.3, 0.4) is 0 Å². The minimum atomic E-state index is 0.892. The lowest BCUT2D eigenvalue weighted by Crippen LogP contribution is -2.09. The summed E-state index contributed by atoms with van der Waals surface area (Å²) in [6.07, 6.45) is 0. The van der Waals surface area contributed by atoms with Crippen molar-refractivity contribution in [2.75, 3.05) is 4.90 Å². The molecule has 0 aliphatic heterocycles. The first-order valence-electron chi connectivity index (χ1n) is 16.6. The van der Waals surface area contributed by atoms with E-state index in [4.69, 9.17) is 4.42 Å². The Morgan fingerprint density at radius 3 is 1.88 bits per heavy atom. The van der Waals surface area contributed by atoms with Crippen molar-refractivity contribution in [1.82, 2.24) is 0 Å². The highest BCUT2D eigenvalue weighted by molar-refractivity contribution is 7.26. The molecule has 10 rings (SSSR count). The maximum atomic E-state index is 6.20. The third kappa shape index (κ3) is 4.62. The Balaban J connectivity index is 1.12. The third-order valence-electron chi connectivity index (χ3n) is 9.67. The molecule has 0 unspecified atom stereocenters. The van der Waals surface area contributed by atoms with Crippen molar-refractivity contribution in [2.45, 2.75) is 0 Å². The number of thiophene rings is 1. The minimum absolute atomic E-state index is 0.892. The molecule has 0 aliphatic rings. The Kier molecular flexibility index (Phi) is 6.39. The topological polar surface area (TPSA) is 16.4 Å². The summed E-state index contributed by atoms with van der Waals surface area (Å²) in [6, 6.07) is 63.2. The number of furan rings is 1. The van der Waals surface area contributed by atoms with Gasteiger partial charge in [0.25, 0.3) is 0 Å². The highest BCUT2D eigenvalue weighted by Crippen LogP contribution is 2.44. The first kappa shape index (κ1) is 27.9. The van der Waals surface area contributed by atoms with E-state index in [-0.39, 0.29) is 0 Å². The van der Waals surface area contributed by atoms with Gasteiger partial charge in [-0.15, -0.1) is 11.3 Å². The third-order valence-corrected chi connectivity index (χ3v) is 10.9. The maximum Gasteiger partial charge on any atom is 0.135 e. The number of nitrogens with zero attached hydrogens (tertiary/aromatic N) is 1. The fraction of sp³-hybridized carbons (Fsp3) is 0. The van der Waals surface area contributed by atoms with Crippen molar-refractivity contribution in [1.29, 1.82) is 0 Å². The molecule has 0 N–H and O–H groups in total.